The second-order valence-electron chi connectivity index (χ2n) is 6.06. The lowest BCUT2D eigenvalue weighted by Crippen LogP contribution is -2.43. The Bertz CT molecular complexity index is 577. The number of halogens is 1. The molecule has 3 N–H and O–H groups in total. The maximum Gasteiger partial charge on any atom is 0.252 e. The van der Waals surface area contributed by atoms with Gasteiger partial charge in [0, 0.05) is 18.8 Å². The van der Waals surface area contributed by atoms with Crippen LogP contribution < -0.4 is 16.0 Å². The molecule has 23 heavy (non-hydrogen) atoms. The van der Waals surface area contributed by atoms with Gasteiger partial charge in [-0.05, 0) is 37.0 Å². The highest BCUT2D eigenvalue weighted by Gasteiger charge is 2.22. The Kier molecular flexibility index (Phi) is 6.28. The number of anilines is 1. The molecule has 0 heterocycles. The molecule has 6 heteroatoms. The number of amides is 2. The van der Waals surface area contributed by atoms with E-state index in [1.807, 2.05) is 0 Å². The molecular formula is C17H24ClN3O2. The van der Waals surface area contributed by atoms with Crippen LogP contribution in [-0.4, -0.2) is 31.4 Å². The Morgan fingerprint density at radius 2 is 2.00 bits per heavy atom. The van der Waals surface area contributed by atoms with Crippen LogP contribution >= 0.6 is 11.6 Å². The van der Waals surface area contributed by atoms with Gasteiger partial charge in [-0.25, -0.2) is 0 Å². The Balaban J connectivity index is 1.86. The van der Waals surface area contributed by atoms with Gasteiger partial charge in [0.15, 0.2) is 0 Å². The predicted octanol–water partition coefficient (Wildman–Crippen LogP) is 2.81. The summed E-state index contributed by atoms with van der Waals surface area (Å²) in [6.45, 7) is 2.38. The Labute approximate surface area is 142 Å². The van der Waals surface area contributed by atoms with Crippen LogP contribution in [0.1, 0.15) is 43.0 Å². The molecule has 126 valence electrons. The summed E-state index contributed by atoms with van der Waals surface area (Å²) in [6.07, 6.45) is 4.66. The first-order valence-electron chi connectivity index (χ1n) is 8.06. The van der Waals surface area contributed by atoms with Crippen LogP contribution in [0.5, 0.6) is 0 Å². The van der Waals surface area contributed by atoms with Crippen molar-refractivity contribution in [3.8, 4) is 0 Å². The lowest BCUT2D eigenvalue weighted by atomic mass is 9.86. The van der Waals surface area contributed by atoms with E-state index < -0.39 is 0 Å². The molecule has 1 aromatic rings. The van der Waals surface area contributed by atoms with Crippen molar-refractivity contribution in [1.82, 2.24) is 10.6 Å². The van der Waals surface area contributed by atoms with Crippen LogP contribution in [0, 0.1) is 5.92 Å². The van der Waals surface area contributed by atoms with Gasteiger partial charge in [0.25, 0.3) is 5.91 Å². The summed E-state index contributed by atoms with van der Waals surface area (Å²) in [6, 6.07) is 5.32. The third-order valence-corrected chi connectivity index (χ3v) is 4.66. The third-order valence-electron chi connectivity index (χ3n) is 4.35. The van der Waals surface area contributed by atoms with Crippen molar-refractivity contribution in [2.45, 2.75) is 38.6 Å². The van der Waals surface area contributed by atoms with E-state index in [1.165, 1.54) is 19.3 Å². The molecule has 1 aliphatic carbocycles. The van der Waals surface area contributed by atoms with E-state index in [2.05, 4.69) is 22.9 Å². The van der Waals surface area contributed by atoms with E-state index in [-0.39, 0.29) is 24.4 Å². The average molecular weight is 338 g/mol. The van der Waals surface area contributed by atoms with Crippen LogP contribution in [0.15, 0.2) is 18.2 Å². The molecule has 1 aliphatic rings. The fraction of sp³-hybridized carbons (Fsp3) is 0.529. The molecule has 0 saturated heterocycles. The number of carbonyl (C=O) groups is 2. The van der Waals surface area contributed by atoms with Crippen molar-refractivity contribution in [1.29, 1.82) is 0 Å². The zero-order chi connectivity index (χ0) is 16.8. The lowest BCUT2D eigenvalue weighted by Gasteiger charge is -2.29. The monoisotopic (exact) mass is 337 g/mol. The largest absolute Gasteiger partial charge is 0.376 e. The first kappa shape index (κ1) is 17.6. The molecular weight excluding hydrogens is 314 g/mol. The van der Waals surface area contributed by atoms with Gasteiger partial charge in [-0.2, -0.15) is 0 Å². The first-order valence-corrected chi connectivity index (χ1v) is 8.44. The van der Waals surface area contributed by atoms with Crippen molar-refractivity contribution in [2.75, 3.05) is 18.9 Å². The Morgan fingerprint density at radius 3 is 2.65 bits per heavy atom. The zero-order valence-electron chi connectivity index (χ0n) is 13.6. The van der Waals surface area contributed by atoms with E-state index in [9.17, 15) is 9.59 Å². The average Bonchev–Trinajstić information content (AvgIpc) is 2.54. The Hall–Kier alpha value is -1.75. The van der Waals surface area contributed by atoms with Crippen molar-refractivity contribution in [3.63, 3.8) is 0 Å². The van der Waals surface area contributed by atoms with Crippen LogP contribution in [0.2, 0.25) is 5.02 Å². The molecule has 0 bridgehead atoms. The molecule has 1 saturated carbocycles. The Morgan fingerprint density at radius 1 is 1.26 bits per heavy atom. The molecule has 5 nitrogen and oxygen atoms in total. The van der Waals surface area contributed by atoms with Crippen molar-refractivity contribution >= 4 is 29.1 Å². The number of carbonyl (C=O) groups excluding carboxylic acids is 2. The molecule has 2 amide bonds. The highest BCUT2D eigenvalue weighted by Crippen LogP contribution is 2.24. The summed E-state index contributed by atoms with van der Waals surface area (Å²) in [7, 11) is 1.56. The molecule has 1 aromatic carbocycles. The maximum absolute atomic E-state index is 12.1. The standard InChI is InChI=1S/C17H24ClN3O2/c1-11-5-3-4-6-15(11)21-16(22)10-20-12-7-8-13(14(18)9-12)17(23)19-2/h7-9,11,15,20H,3-6,10H2,1-2H3,(H,19,23)(H,21,22)/t11-,15-/m0/s1. The molecule has 0 aromatic heterocycles. The number of benzene rings is 1. The minimum Gasteiger partial charge on any atom is -0.376 e. The van der Waals surface area contributed by atoms with Gasteiger partial charge in [-0.3, -0.25) is 9.59 Å². The molecule has 0 spiro atoms. The van der Waals surface area contributed by atoms with E-state index in [1.54, 1.807) is 25.2 Å². The quantitative estimate of drug-likeness (QED) is 0.773. The van der Waals surface area contributed by atoms with Crippen molar-refractivity contribution in [2.24, 2.45) is 5.92 Å². The summed E-state index contributed by atoms with van der Waals surface area (Å²) in [5.41, 5.74) is 1.13. The van der Waals surface area contributed by atoms with E-state index >= 15 is 0 Å². The highest BCUT2D eigenvalue weighted by molar-refractivity contribution is 6.34. The topological polar surface area (TPSA) is 70.2 Å². The van der Waals surface area contributed by atoms with Gasteiger partial charge in [-0.1, -0.05) is 31.4 Å². The fourth-order valence-electron chi connectivity index (χ4n) is 2.91. The van der Waals surface area contributed by atoms with Gasteiger partial charge < -0.3 is 16.0 Å². The third kappa shape index (κ3) is 4.86. The maximum atomic E-state index is 12.1. The number of nitrogens with one attached hydrogen (secondary N) is 3. The summed E-state index contributed by atoms with van der Waals surface area (Å²) >= 11 is 6.09. The van der Waals surface area contributed by atoms with Crippen molar-refractivity contribution in [3.05, 3.63) is 28.8 Å². The van der Waals surface area contributed by atoms with Crippen LogP contribution in [0.4, 0.5) is 5.69 Å². The van der Waals surface area contributed by atoms with Crippen molar-refractivity contribution < 1.29 is 9.59 Å². The number of rotatable bonds is 5. The normalized spacial score (nSPS) is 20.7. The summed E-state index contributed by atoms with van der Waals surface area (Å²) in [5, 5.41) is 9.03. The second kappa shape index (κ2) is 8.20. The first-order chi connectivity index (χ1) is 11.0. The van der Waals surface area contributed by atoms with E-state index in [4.69, 9.17) is 11.6 Å². The van der Waals surface area contributed by atoms with Gasteiger partial charge in [-0.15, -0.1) is 0 Å². The molecule has 0 aliphatic heterocycles. The minimum atomic E-state index is -0.231. The van der Waals surface area contributed by atoms with Gasteiger partial charge >= 0.3 is 0 Å². The summed E-state index contributed by atoms with van der Waals surface area (Å²) in [4.78, 5) is 23.6. The molecule has 1 fully saturated rings. The molecule has 2 atom stereocenters. The van der Waals surface area contributed by atoms with E-state index in [0.717, 1.165) is 12.1 Å². The van der Waals surface area contributed by atoms with E-state index in [0.29, 0.717) is 16.5 Å². The highest BCUT2D eigenvalue weighted by atomic mass is 35.5. The smallest absolute Gasteiger partial charge is 0.252 e. The fourth-order valence-corrected chi connectivity index (χ4v) is 3.18. The zero-order valence-corrected chi connectivity index (χ0v) is 14.4. The van der Waals surface area contributed by atoms with Crippen LogP contribution in [0.25, 0.3) is 0 Å². The molecule has 2 rings (SSSR count). The molecule has 0 radical (unpaired) electrons. The molecule has 0 unspecified atom stereocenters. The van der Waals surface area contributed by atoms with Crippen LogP contribution in [-0.2, 0) is 4.79 Å². The van der Waals surface area contributed by atoms with Gasteiger partial charge in [0.1, 0.15) is 0 Å². The summed E-state index contributed by atoms with van der Waals surface area (Å²) < 4.78 is 0. The lowest BCUT2D eigenvalue weighted by molar-refractivity contribution is -0.120. The minimum absolute atomic E-state index is 0.0183. The summed E-state index contributed by atoms with van der Waals surface area (Å²) in [5.74, 6) is 0.287. The SMILES string of the molecule is CNC(=O)c1ccc(NCC(=O)N[C@H]2CCCC[C@@H]2C)cc1Cl. The number of hydrogen-bond donors (Lipinski definition) is 3. The number of hydrogen-bond acceptors (Lipinski definition) is 3. The van der Waals surface area contributed by atoms with Crippen LogP contribution in [0.3, 0.4) is 0 Å². The van der Waals surface area contributed by atoms with Gasteiger partial charge in [0.05, 0.1) is 17.1 Å². The predicted molar refractivity (Wildman–Crippen MR) is 92.9 cm³/mol. The van der Waals surface area contributed by atoms with Gasteiger partial charge in [0.2, 0.25) is 5.91 Å². The second-order valence-corrected chi connectivity index (χ2v) is 6.47.